The maximum absolute atomic E-state index is 13.0. The van der Waals surface area contributed by atoms with Crippen molar-refractivity contribution in [2.24, 2.45) is 0 Å². The van der Waals surface area contributed by atoms with Crippen LogP contribution in [0.15, 0.2) is 70.3 Å². The van der Waals surface area contributed by atoms with Crippen LogP contribution in [0.5, 0.6) is 5.75 Å². The molecule has 2 aromatic carbocycles. The van der Waals surface area contributed by atoms with E-state index in [0.717, 1.165) is 15.9 Å². The quantitative estimate of drug-likeness (QED) is 0.487. The summed E-state index contributed by atoms with van der Waals surface area (Å²) in [4.78, 5) is 40.5. The van der Waals surface area contributed by atoms with Gasteiger partial charge in [-0.25, -0.2) is 4.79 Å². The van der Waals surface area contributed by atoms with E-state index in [9.17, 15) is 14.4 Å². The van der Waals surface area contributed by atoms with Crippen molar-refractivity contribution in [3.05, 3.63) is 92.6 Å². The normalized spacial score (nSPS) is 11.0. The average molecular weight is 437 g/mol. The topological polar surface area (TPSA) is 99.6 Å². The van der Waals surface area contributed by atoms with Crippen LogP contribution < -0.4 is 21.7 Å². The van der Waals surface area contributed by atoms with E-state index in [1.54, 1.807) is 18.9 Å². The van der Waals surface area contributed by atoms with Gasteiger partial charge in [0.2, 0.25) is 0 Å². The zero-order chi connectivity index (χ0) is 23.1. The molecule has 0 bridgehead atoms. The molecule has 32 heavy (non-hydrogen) atoms. The van der Waals surface area contributed by atoms with E-state index >= 15 is 0 Å². The molecule has 168 valence electrons. The third-order valence-corrected chi connectivity index (χ3v) is 5.14. The molecule has 0 saturated heterocycles. The number of rotatable bonds is 10. The fourth-order valence-corrected chi connectivity index (χ4v) is 3.41. The third-order valence-electron chi connectivity index (χ3n) is 5.14. The minimum Gasteiger partial charge on any atom is -0.492 e. The number of nitrogens with zero attached hydrogens (tertiary/aromatic N) is 3. The zero-order valence-electron chi connectivity index (χ0n) is 18.4. The maximum atomic E-state index is 13.0. The van der Waals surface area contributed by atoms with Gasteiger partial charge in [-0.15, -0.1) is 0 Å². The van der Waals surface area contributed by atoms with Crippen LogP contribution in [0.4, 0.5) is 5.82 Å². The Morgan fingerprint density at radius 1 is 1.00 bits per heavy atom. The molecule has 0 unspecified atom stereocenters. The molecule has 0 fully saturated rings. The Balaban J connectivity index is 1.79. The smallest absolute Gasteiger partial charge is 0.332 e. The number of hydrogen-bond acceptors (Lipinski definition) is 6. The molecule has 0 radical (unpaired) electrons. The van der Waals surface area contributed by atoms with Crippen LogP contribution in [0, 0.1) is 0 Å². The number of anilines is 1. The summed E-state index contributed by atoms with van der Waals surface area (Å²) in [5.74, 6) is 0.210. The number of nitrogens with two attached hydrogens (primary N) is 1. The van der Waals surface area contributed by atoms with E-state index in [4.69, 9.17) is 10.5 Å². The summed E-state index contributed by atoms with van der Waals surface area (Å²) in [5.41, 5.74) is 5.70. The van der Waals surface area contributed by atoms with Crippen LogP contribution in [0.3, 0.4) is 0 Å². The number of carbonyl (C=O) groups is 1. The van der Waals surface area contributed by atoms with E-state index < -0.39 is 17.0 Å². The van der Waals surface area contributed by atoms with Crippen molar-refractivity contribution in [1.82, 2.24) is 14.0 Å². The molecule has 0 saturated carbocycles. The van der Waals surface area contributed by atoms with Gasteiger partial charge in [-0.2, -0.15) is 0 Å². The van der Waals surface area contributed by atoms with Crippen LogP contribution in [0.2, 0.25) is 0 Å². The monoisotopic (exact) mass is 436 g/mol. The highest BCUT2D eigenvalue weighted by molar-refractivity contribution is 6.01. The number of nitrogen functional groups attached to an aromatic ring is 1. The Labute approximate surface area is 186 Å². The summed E-state index contributed by atoms with van der Waals surface area (Å²) in [6.45, 7) is 2.85. The van der Waals surface area contributed by atoms with Gasteiger partial charge in [0.05, 0.1) is 13.1 Å². The number of likely N-dealkylation sites (N-methyl/N-ethyl adjacent to an activating group) is 1. The fourth-order valence-electron chi connectivity index (χ4n) is 3.41. The number of ether oxygens (including phenoxy) is 1. The minimum absolute atomic E-state index is 0.0230. The Morgan fingerprint density at radius 2 is 1.62 bits per heavy atom. The van der Waals surface area contributed by atoms with Gasteiger partial charge in [0.15, 0.2) is 5.78 Å². The zero-order valence-corrected chi connectivity index (χ0v) is 18.4. The molecule has 0 aliphatic carbocycles. The first-order valence-corrected chi connectivity index (χ1v) is 10.5. The number of ketones is 1. The number of carbonyl (C=O) groups excluding carboxylic acids is 1. The molecule has 0 atom stereocenters. The lowest BCUT2D eigenvalue weighted by molar-refractivity contribution is 0.0936. The van der Waals surface area contributed by atoms with Crippen molar-refractivity contribution in [2.75, 3.05) is 32.5 Å². The second-order valence-electron chi connectivity index (χ2n) is 7.49. The molecule has 8 nitrogen and oxygen atoms in total. The molecule has 0 spiro atoms. The molecule has 1 heterocycles. The molecule has 2 N–H and O–H groups in total. The lowest BCUT2D eigenvalue weighted by Gasteiger charge is -2.19. The summed E-state index contributed by atoms with van der Waals surface area (Å²) in [6, 6.07) is 18.7. The van der Waals surface area contributed by atoms with Gasteiger partial charge in [0.1, 0.15) is 23.7 Å². The molecule has 0 aliphatic rings. The van der Waals surface area contributed by atoms with Crippen LogP contribution in [-0.2, 0) is 13.1 Å². The van der Waals surface area contributed by atoms with Crippen molar-refractivity contribution in [3.8, 4) is 5.75 Å². The van der Waals surface area contributed by atoms with Gasteiger partial charge in [0, 0.05) is 13.1 Å². The lowest BCUT2D eigenvalue weighted by Crippen LogP contribution is -2.45. The van der Waals surface area contributed by atoms with Crippen molar-refractivity contribution in [2.45, 2.75) is 20.0 Å². The highest BCUT2D eigenvalue weighted by Gasteiger charge is 2.23. The SMILES string of the molecule is CCn1c(=O)c(C(=O)CN(C)CCOc2ccccc2)c(N)n(Cc2ccccc2)c1=O. The van der Waals surface area contributed by atoms with E-state index in [1.807, 2.05) is 60.7 Å². The second-order valence-corrected chi connectivity index (χ2v) is 7.49. The maximum Gasteiger partial charge on any atom is 0.332 e. The van der Waals surface area contributed by atoms with Gasteiger partial charge in [-0.3, -0.25) is 23.6 Å². The number of benzene rings is 2. The highest BCUT2D eigenvalue weighted by atomic mass is 16.5. The average Bonchev–Trinajstić information content (AvgIpc) is 2.78. The van der Waals surface area contributed by atoms with E-state index in [0.29, 0.717) is 13.2 Å². The van der Waals surface area contributed by atoms with Crippen LogP contribution in [-0.4, -0.2) is 46.6 Å². The first kappa shape index (κ1) is 23.0. The second kappa shape index (κ2) is 10.6. The largest absolute Gasteiger partial charge is 0.492 e. The van der Waals surface area contributed by atoms with Crippen LogP contribution >= 0.6 is 0 Å². The third kappa shape index (κ3) is 5.33. The van der Waals surface area contributed by atoms with Crippen molar-refractivity contribution < 1.29 is 9.53 Å². The highest BCUT2D eigenvalue weighted by Crippen LogP contribution is 2.11. The summed E-state index contributed by atoms with van der Waals surface area (Å²) < 4.78 is 7.99. The summed E-state index contributed by atoms with van der Waals surface area (Å²) in [6.07, 6.45) is 0. The Morgan fingerprint density at radius 3 is 2.25 bits per heavy atom. The number of para-hydroxylation sites is 1. The van der Waals surface area contributed by atoms with Gasteiger partial charge < -0.3 is 10.5 Å². The van der Waals surface area contributed by atoms with Gasteiger partial charge in [-0.1, -0.05) is 48.5 Å². The van der Waals surface area contributed by atoms with Gasteiger partial charge >= 0.3 is 5.69 Å². The Hall–Kier alpha value is -3.65. The number of hydrogen-bond donors (Lipinski definition) is 1. The molecule has 0 aliphatic heterocycles. The standard InChI is InChI=1S/C24H28N4O4/c1-3-27-23(30)21(22(25)28(24(27)31)16-18-10-6-4-7-11-18)20(29)17-26(2)14-15-32-19-12-8-5-9-13-19/h4-13H,3,14-17,25H2,1-2H3. The summed E-state index contributed by atoms with van der Waals surface area (Å²) in [5, 5.41) is 0. The Kier molecular flexibility index (Phi) is 7.62. The minimum atomic E-state index is -0.654. The van der Waals surface area contributed by atoms with E-state index in [-0.39, 0.29) is 31.0 Å². The van der Waals surface area contributed by atoms with Gasteiger partial charge in [-0.05, 0) is 31.7 Å². The van der Waals surface area contributed by atoms with Crippen LogP contribution in [0.1, 0.15) is 22.8 Å². The summed E-state index contributed by atoms with van der Waals surface area (Å²) in [7, 11) is 1.76. The Bertz CT molecular complexity index is 1170. The van der Waals surface area contributed by atoms with Crippen LogP contribution in [0.25, 0.3) is 0 Å². The predicted molar refractivity (Wildman–Crippen MR) is 124 cm³/mol. The molecular weight excluding hydrogens is 408 g/mol. The van der Waals surface area contributed by atoms with E-state index in [1.165, 1.54) is 4.57 Å². The first-order valence-electron chi connectivity index (χ1n) is 10.5. The fraction of sp³-hybridized carbons (Fsp3) is 0.292. The summed E-state index contributed by atoms with van der Waals surface area (Å²) >= 11 is 0. The lowest BCUT2D eigenvalue weighted by atomic mass is 10.1. The molecule has 0 amide bonds. The van der Waals surface area contributed by atoms with Crippen molar-refractivity contribution >= 4 is 11.6 Å². The molecule has 3 aromatic rings. The molecular formula is C24H28N4O4. The molecule has 8 heteroatoms. The number of Topliss-reactive ketones (excluding diaryl/α,β-unsaturated/α-hetero) is 1. The first-order chi connectivity index (χ1) is 15.4. The molecule has 1 aromatic heterocycles. The van der Waals surface area contributed by atoms with Crippen molar-refractivity contribution in [3.63, 3.8) is 0 Å². The van der Waals surface area contributed by atoms with E-state index in [2.05, 4.69) is 0 Å². The predicted octanol–water partition coefficient (Wildman–Crippen LogP) is 1.85. The van der Waals surface area contributed by atoms with Gasteiger partial charge in [0.25, 0.3) is 5.56 Å². The van der Waals surface area contributed by atoms with Crippen molar-refractivity contribution in [1.29, 1.82) is 0 Å². The molecule has 3 rings (SSSR count). The number of aromatic nitrogens is 2.